The number of carboxylic acid groups (broad SMARTS) is 1. The summed E-state index contributed by atoms with van der Waals surface area (Å²) in [4.78, 5) is 21.2. The molecule has 78 valence electrons. The molecule has 5 nitrogen and oxygen atoms in total. The molecule has 1 aromatic rings. The SMILES string of the molecule is O=C(O)/C=C\C(=O)Nc1cccc(O)c1. The van der Waals surface area contributed by atoms with E-state index in [0.29, 0.717) is 5.69 Å². The molecule has 1 amide bonds. The second-order valence-corrected chi connectivity index (χ2v) is 2.71. The maximum atomic E-state index is 11.1. The van der Waals surface area contributed by atoms with Crippen LogP contribution in [0.15, 0.2) is 36.4 Å². The van der Waals surface area contributed by atoms with Gasteiger partial charge in [0.2, 0.25) is 5.91 Å². The molecule has 3 N–H and O–H groups in total. The Morgan fingerprint density at radius 1 is 1.27 bits per heavy atom. The van der Waals surface area contributed by atoms with E-state index in [9.17, 15) is 9.59 Å². The van der Waals surface area contributed by atoms with Crippen molar-refractivity contribution >= 4 is 17.6 Å². The lowest BCUT2D eigenvalue weighted by molar-refractivity contribution is -0.131. The number of hydrogen-bond donors (Lipinski definition) is 3. The van der Waals surface area contributed by atoms with Gasteiger partial charge in [0.25, 0.3) is 0 Å². The minimum absolute atomic E-state index is 0.0232. The highest BCUT2D eigenvalue weighted by Gasteiger charge is 1.99. The van der Waals surface area contributed by atoms with Crippen LogP contribution in [-0.2, 0) is 9.59 Å². The molecule has 0 heterocycles. The molecule has 1 rings (SSSR count). The Morgan fingerprint density at radius 2 is 2.00 bits per heavy atom. The minimum atomic E-state index is -1.19. The van der Waals surface area contributed by atoms with Gasteiger partial charge in [-0.15, -0.1) is 0 Å². The molecule has 0 saturated heterocycles. The van der Waals surface area contributed by atoms with E-state index in [2.05, 4.69) is 5.32 Å². The Labute approximate surface area is 85.7 Å². The molecule has 0 radical (unpaired) electrons. The lowest BCUT2D eigenvalue weighted by Gasteiger charge is -2.01. The van der Waals surface area contributed by atoms with Crippen molar-refractivity contribution in [1.29, 1.82) is 0 Å². The average Bonchev–Trinajstić information content (AvgIpc) is 2.15. The number of hydrogen-bond acceptors (Lipinski definition) is 3. The Kier molecular flexibility index (Phi) is 3.45. The van der Waals surface area contributed by atoms with Crippen LogP contribution in [0.2, 0.25) is 0 Å². The Balaban J connectivity index is 2.63. The molecule has 0 bridgehead atoms. The monoisotopic (exact) mass is 207 g/mol. The van der Waals surface area contributed by atoms with Gasteiger partial charge in [0, 0.05) is 23.9 Å². The fourth-order valence-corrected chi connectivity index (χ4v) is 0.915. The molecule has 5 heteroatoms. The number of aliphatic carboxylic acids is 1. The zero-order valence-electron chi connectivity index (χ0n) is 7.68. The highest BCUT2D eigenvalue weighted by Crippen LogP contribution is 2.14. The van der Waals surface area contributed by atoms with Crippen LogP contribution >= 0.6 is 0 Å². The van der Waals surface area contributed by atoms with Gasteiger partial charge in [-0.1, -0.05) is 6.07 Å². The van der Waals surface area contributed by atoms with Crippen molar-refractivity contribution in [2.24, 2.45) is 0 Å². The smallest absolute Gasteiger partial charge is 0.328 e. The van der Waals surface area contributed by atoms with E-state index in [1.54, 1.807) is 12.1 Å². The second-order valence-electron chi connectivity index (χ2n) is 2.71. The van der Waals surface area contributed by atoms with Gasteiger partial charge >= 0.3 is 5.97 Å². The number of benzene rings is 1. The highest BCUT2D eigenvalue weighted by atomic mass is 16.4. The van der Waals surface area contributed by atoms with E-state index in [-0.39, 0.29) is 5.75 Å². The molecule has 0 aromatic heterocycles. The van der Waals surface area contributed by atoms with Gasteiger partial charge in [-0.3, -0.25) is 4.79 Å². The third kappa shape index (κ3) is 3.95. The molecular weight excluding hydrogens is 198 g/mol. The van der Waals surface area contributed by atoms with Crippen LogP contribution in [0.5, 0.6) is 5.75 Å². The number of nitrogens with one attached hydrogen (secondary N) is 1. The van der Waals surface area contributed by atoms with Crippen molar-refractivity contribution in [3.8, 4) is 5.75 Å². The van der Waals surface area contributed by atoms with Gasteiger partial charge < -0.3 is 15.5 Å². The number of phenolic OH excluding ortho intramolecular Hbond substituents is 1. The molecule has 15 heavy (non-hydrogen) atoms. The molecule has 0 fully saturated rings. The third-order valence-corrected chi connectivity index (χ3v) is 1.49. The van der Waals surface area contributed by atoms with E-state index in [1.807, 2.05) is 0 Å². The van der Waals surface area contributed by atoms with Gasteiger partial charge in [-0.2, -0.15) is 0 Å². The molecular formula is C10H9NO4. The van der Waals surface area contributed by atoms with Crippen LogP contribution in [0.4, 0.5) is 5.69 Å². The summed E-state index contributed by atoms with van der Waals surface area (Å²) < 4.78 is 0. The maximum Gasteiger partial charge on any atom is 0.328 e. The van der Waals surface area contributed by atoms with Crippen LogP contribution in [0.1, 0.15) is 0 Å². The van der Waals surface area contributed by atoms with E-state index >= 15 is 0 Å². The number of carboxylic acids is 1. The zero-order chi connectivity index (χ0) is 11.3. The summed E-state index contributed by atoms with van der Waals surface area (Å²) in [6, 6.07) is 5.95. The molecule has 1 aromatic carbocycles. The standard InChI is InChI=1S/C10H9NO4/c12-8-3-1-2-7(6-8)11-9(13)4-5-10(14)15/h1-6,12H,(H,11,13)(H,14,15)/b5-4-. The fourth-order valence-electron chi connectivity index (χ4n) is 0.915. The molecule has 0 saturated carbocycles. The van der Waals surface area contributed by atoms with Gasteiger partial charge in [0.1, 0.15) is 5.75 Å². The summed E-state index contributed by atoms with van der Waals surface area (Å²) >= 11 is 0. The molecule has 0 atom stereocenters. The van der Waals surface area contributed by atoms with Crippen molar-refractivity contribution in [3.63, 3.8) is 0 Å². The Morgan fingerprint density at radius 3 is 2.60 bits per heavy atom. The molecule has 0 spiro atoms. The number of phenols is 1. The summed E-state index contributed by atoms with van der Waals surface area (Å²) in [7, 11) is 0. The van der Waals surface area contributed by atoms with Crippen molar-refractivity contribution in [2.75, 3.05) is 5.32 Å². The molecule has 0 aliphatic carbocycles. The van der Waals surface area contributed by atoms with Crippen molar-refractivity contribution in [3.05, 3.63) is 36.4 Å². The first-order valence-corrected chi connectivity index (χ1v) is 4.09. The second kappa shape index (κ2) is 4.80. The molecule has 0 aliphatic heterocycles. The summed E-state index contributed by atoms with van der Waals surface area (Å²) in [5.74, 6) is -1.74. The van der Waals surface area contributed by atoms with Crippen LogP contribution in [0.3, 0.4) is 0 Å². The summed E-state index contributed by atoms with van der Waals surface area (Å²) in [5.41, 5.74) is 0.398. The van der Waals surface area contributed by atoms with E-state index in [4.69, 9.17) is 10.2 Å². The topological polar surface area (TPSA) is 86.6 Å². The first-order chi connectivity index (χ1) is 7.08. The first kappa shape index (κ1) is 10.8. The summed E-state index contributed by atoms with van der Waals surface area (Å²) in [6.45, 7) is 0. The largest absolute Gasteiger partial charge is 0.508 e. The predicted octanol–water partition coefficient (Wildman–Crippen LogP) is 0.971. The maximum absolute atomic E-state index is 11.1. The van der Waals surface area contributed by atoms with Crippen molar-refractivity contribution in [2.45, 2.75) is 0 Å². The lowest BCUT2D eigenvalue weighted by atomic mass is 10.3. The lowest BCUT2D eigenvalue weighted by Crippen LogP contribution is -2.08. The van der Waals surface area contributed by atoms with Crippen molar-refractivity contribution < 1.29 is 19.8 Å². The van der Waals surface area contributed by atoms with Crippen LogP contribution in [0, 0.1) is 0 Å². The number of carbonyl (C=O) groups is 2. The quantitative estimate of drug-likeness (QED) is 0.644. The van der Waals surface area contributed by atoms with Gasteiger partial charge in [-0.25, -0.2) is 4.79 Å². The summed E-state index contributed by atoms with van der Waals surface area (Å²) in [5, 5.41) is 19.7. The number of rotatable bonds is 3. The Bertz CT molecular complexity index is 412. The summed E-state index contributed by atoms with van der Waals surface area (Å²) in [6.07, 6.45) is 1.63. The number of amides is 1. The number of anilines is 1. The molecule has 0 unspecified atom stereocenters. The van der Waals surface area contributed by atoms with Crippen LogP contribution < -0.4 is 5.32 Å². The van der Waals surface area contributed by atoms with Gasteiger partial charge in [-0.05, 0) is 12.1 Å². The first-order valence-electron chi connectivity index (χ1n) is 4.09. The van der Waals surface area contributed by atoms with Crippen molar-refractivity contribution in [1.82, 2.24) is 0 Å². The van der Waals surface area contributed by atoms with Crippen LogP contribution in [0.25, 0.3) is 0 Å². The van der Waals surface area contributed by atoms with E-state index in [1.165, 1.54) is 12.1 Å². The normalized spacial score (nSPS) is 10.1. The van der Waals surface area contributed by atoms with E-state index in [0.717, 1.165) is 12.2 Å². The minimum Gasteiger partial charge on any atom is -0.508 e. The van der Waals surface area contributed by atoms with Gasteiger partial charge in [0.15, 0.2) is 0 Å². The number of aromatic hydroxyl groups is 1. The average molecular weight is 207 g/mol. The number of carbonyl (C=O) groups excluding carboxylic acids is 1. The highest BCUT2D eigenvalue weighted by molar-refractivity contribution is 6.02. The van der Waals surface area contributed by atoms with Gasteiger partial charge in [0.05, 0.1) is 0 Å². The Hall–Kier alpha value is -2.30. The predicted molar refractivity (Wildman–Crippen MR) is 53.5 cm³/mol. The molecule has 0 aliphatic rings. The van der Waals surface area contributed by atoms with E-state index < -0.39 is 11.9 Å². The fraction of sp³-hybridized carbons (Fsp3) is 0. The zero-order valence-corrected chi connectivity index (χ0v) is 7.68. The third-order valence-electron chi connectivity index (χ3n) is 1.49. The van der Waals surface area contributed by atoms with Crippen LogP contribution in [-0.4, -0.2) is 22.1 Å².